The molecule has 1 atom stereocenters. The molecular formula is C30H29N3O2S. The molecule has 0 bridgehead atoms. The monoisotopic (exact) mass is 495 g/mol. The summed E-state index contributed by atoms with van der Waals surface area (Å²) < 4.78 is 0. The molecule has 1 saturated carbocycles. The lowest BCUT2D eigenvalue weighted by Gasteiger charge is -2.35. The van der Waals surface area contributed by atoms with Crippen LogP contribution in [0.25, 0.3) is 21.2 Å². The van der Waals surface area contributed by atoms with Crippen LogP contribution < -0.4 is 5.32 Å². The molecule has 2 fully saturated rings. The van der Waals surface area contributed by atoms with Crippen LogP contribution >= 0.6 is 11.3 Å². The molecule has 5 nitrogen and oxygen atoms in total. The third-order valence-electron chi connectivity index (χ3n) is 7.23. The Hall–Kier alpha value is -3.51. The second kappa shape index (κ2) is 9.86. The Morgan fingerprint density at radius 2 is 1.69 bits per heavy atom. The van der Waals surface area contributed by atoms with Gasteiger partial charge in [-0.15, -0.1) is 11.3 Å². The highest BCUT2D eigenvalue weighted by Crippen LogP contribution is 2.45. The van der Waals surface area contributed by atoms with E-state index in [0.717, 1.165) is 58.3 Å². The standard InChI is InChI=1S/C30H29N3O2S/c34-28(25-15-8-12-20-9-4-5-14-24(20)25)31-19-23-13-6-7-18-33(23)30(35)26-27(21-10-2-1-3-11-21)36-29(32-26)22-16-17-22/h1-5,8-12,14-15,22-23H,6-7,13,16-19H2,(H,31,34). The first-order valence-corrected chi connectivity index (χ1v) is 13.6. The highest BCUT2D eigenvalue weighted by Gasteiger charge is 2.34. The normalized spacial score (nSPS) is 17.8. The van der Waals surface area contributed by atoms with Gasteiger partial charge in [0.05, 0.1) is 9.88 Å². The number of piperidine rings is 1. The predicted molar refractivity (Wildman–Crippen MR) is 144 cm³/mol. The van der Waals surface area contributed by atoms with E-state index in [-0.39, 0.29) is 17.9 Å². The molecule has 2 amide bonds. The molecule has 0 radical (unpaired) electrons. The van der Waals surface area contributed by atoms with Crippen LogP contribution in [0.2, 0.25) is 0 Å². The summed E-state index contributed by atoms with van der Waals surface area (Å²) in [6.07, 6.45) is 5.21. The van der Waals surface area contributed by atoms with Crippen molar-refractivity contribution in [3.63, 3.8) is 0 Å². The van der Waals surface area contributed by atoms with Gasteiger partial charge in [0, 0.05) is 30.6 Å². The Labute approximate surface area is 215 Å². The number of rotatable bonds is 6. The Bertz CT molecular complexity index is 1410. The summed E-state index contributed by atoms with van der Waals surface area (Å²) in [7, 11) is 0. The van der Waals surface area contributed by atoms with E-state index < -0.39 is 0 Å². The van der Waals surface area contributed by atoms with Gasteiger partial charge in [-0.1, -0.05) is 66.7 Å². The number of nitrogens with one attached hydrogen (secondary N) is 1. The van der Waals surface area contributed by atoms with Crippen molar-refractivity contribution in [1.82, 2.24) is 15.2 Å². The molecule has 182 valence electrons. The Kier molecular flexibility index (Phi) is 6.28. The van der Waals surface area contributed by atoms with Gasteiger partial charge < -0.3 is 10.2 Å². The minimum atomic E-state index is -0.0978. The zero-order valence-corrected chi connectivity index (χ0v) is 21.0. The number of benzene rings is 3. The van der Waals surface area contributed by atoms with Gasteiger partial charge in [0.2, 0.25) is 0 Å². The molecule has 1 aromatic heterocycles. The summed E-state index contributed by atoms with van der Waals surface area (Å²) in [6.45, 7) is 1.13. The highest BCUT2D eigenvalue weighted by atomic mass is 32.1. The van der Waals surface area contributed by atoms with Gasteiger partial charge in [-0.2, -0.15) is 0 Å². The lowest BCUT2D eigenvalue weighted by molar-refractivity contribution is 0.0598. The molecule has 1 N–H and O–H groups in total. The van der Waals surface area contributed by atoms with E-state index in [1.807, 2.05) is 65.6 Å². The van der Waals surface area contributed by atoms with E-state index >= 15 is 0 Å². The molecular weight excluding hydrogens is 466 g/mol. The van der Waals surface area contributed by atoms with Crippen LogP contribution in [0.4, 0.5) is 0 Å². The fourth-order valence-corrected chi connectivity index (χ4v) is 6.35. The second-order valence-electron chi connectivity index (χ2n) is 9.76. The van der Waals surface area contributed by atoms with Gasteiger partial charge in [-0.3, -0.25) is 9.59 Å². The molecule has 1 saturated heterocycles. The van der Waals surface area contributed by atoms with Gasteiger partial charge in [-0.05, 0) is 54.5 Å². The van der Waals surface area contributed by atoms with Crippen molar-refractivity contribution in [2.75, 3.05) is 13.1 Å². The lowest BCUT2D eigenvalue weighted by Crippen LogP contribution is -2.49. The Morgan fingerprint density at radius 1 is 0.917 bits per heavy atom. The van der Waals surface area contributed by atoms with E-state index in [2.05, 4.69) is 17.4 Å². The summed E-state index contributed by atoms with van der Waals surface area (Å²) in [6, 6.07) is 23.8. The van der Waals surface area contributed by atoms with Crippen LogP contribution in [0.3, 0.4) is 0 Å². The first-order valence-electron chi connectivity index (χ1n) is 12.8. The fraction of sp³-hybridized carbons (Fsp3) is 0.300. The Balaban J connectivity index is 1.23. The SMILES string of the molecule is O=C(NCC1CCCCN1C(=O)c1nc(C2CC2)sc1-c1ccccc1)c1cccc2ccccc12. The van der Waals surface area contributed by atoms with Crippen LogP contribution in [-0.4, -0.2) is 40.8 Å². The summed E-state index contributed by atoms with van der Waals surface area (Å²) in [5.74, 6) is 0.386. The smallest absolute Gasteiger partial charge is 0.274 e. The van der Waals surface area contributed by atoms with Crippen LogP contribution in [0.5, 0.6) is 0 Å². The minimum Gasteiger partial charge on any atom is -0.350 e. The molecule has 2 aliphatic rings. The number of hydrogen-bond donors (Lipinski definition) is 1. The number of thiazole rings is 1. The van der Waals surface area contributed by atoms with Crippen molar-refractivity contribution in [2.45, 2.75) is 44.1 Å². The number of carbonyl (C=O) groups excluding carboxylic acids is 2. The summed E-state index contributed by atoms with van der Waals surface area (Å²) in [5, 5.41) is 6.19. The van der Waals surface area contributed by atoms with E-state index in [9.17, 15) is 9.59 Å². The van der Waals surface area contributed by atoms with Crippen molar-refractivity contribution in [1.29, 1.82) is 0 Å². The zero-order chi connectivity index (χ0) is 24.5. The van der Waals surface area contributed by atoms with Gasteiger partial charge in [0.15, 0.2) is 0 Å². The maximum atomic E-state index is 13.9. The zero-order valence-electron chi connectivity index (χ0n) is 20.2. The minimum absolute atomic E-state index is 0.0129. The van der Waals surface area contributed by atoms with Crippen LogP contribution in [0.15, 0.2) is 72.8 Å². The van der Waals surface area contributed by atoms with Crippen molar-refractivity contribution >= 4 is 33.9 Å². The van der Waals surface area contributed by atoms with Crippen molar-refractivity contribution < 1.29 is 9.59 Å². The average molecular weight is 496 g/mol. The second-order valence-corrected chi connectivity index (χ2v) is 10.8. The number of aromatic nitrogens is 1. The van der Waals surface area contributed by atoms with Crippen LogP contribution in [0.1, 0.15) is 63.9 Å². The van der Waals surface area contributed by atoms with Gasteiger partial charge in [0.1, 0.15) is 5.69 Å². The van der Waals surface area contributed by atoms with Crippen molar-refractivity contribution in [3.8, 4) is 10.4 Å². The summed E-state index contributed by atoms with van der Waals surface area (Å²) >= 11 is 1.67. The molecule has 3 aromatic carbocycles. The van der Waals surface area contributed by atoms with E-state index in [0.29, 0.717) is 30.3 Å². The number of nitrogens with zero attached hydrogens (tertiary/aromatic N) is 2. The van der Waals surface area contributed by atoms with E-state index in [1.54, 1.807) is 11.3 Å². The summed E-state index contributed by atoms with van der Waals surface area (Å²) in [5.41, 5.74) is 2.28. The Morgan fingerprint density at radius 3 is 2.53 bits per heavy atom. The maximum absolute atomic E-state index is 13.9. The first kappa shape index (κ1) is 22.9. The predicted octanol–water partition coefficient (Wildman–Crippen LogP) is 6.27. The summed E-state index contributed by atoms with van der Waals surface area (Å²) in [4.78, 5) is 34.8. The molecule has 1 aliphatic carbocycles. The largest absolute Gasteiger partial charge is 0.350 e. The van der Waals surface area contributed by atoms with Crippen molar-refractivity contribution in [3.05, 3.63) is 89.1 Å². The molecule has 6 heteroatoms. The third-order valence-corrected chi connectivity index (χ3v) is 8.50. The lowest BCUT2D eigenvalue weighted by atomic mass is 10.00. The molecule has 1 unspecified atom stereocenters. The molecule has 4 aromatic rings. The molecule has 36 heavy (non-hydrogen) atoms. The van der Waals surface area contributed by atoms with Crippen LogP contribution in [-0.2, 0) is 0 Å². The number of fused-ring (bicyclic) bond motifs is 1. The van der Waals surface area contributed by atoms with E-state index in [1.165, 1.54) is 0 Å². The molecule has 1 aliphatic heterocycles. The van der Waals surface area contributed by atoms with Crippen molar-refractivity contribution in [2.24, 2.45) is 0 Å². The highest BCUT2D eigenvalue weighted by molar-refractivity contribution is 7.15. The number of likely N-dealkylation sites (tertiary alicyclic amines) is 1. The van der Waals surface area contributed by atoms with Gasteiger partial charge >= 0.3 is 0 Å². The molecule has 2 heterocycles. The number of hydrogen-bond acceptors (Lipinski definition) is 4. The van der Waals surface area contributed by atoms with Crippen LogP contribution in [0, 0.1) is 0 Å². The third kappa shape index (κ3) is 4.53. The van der Waals surface area contributed by atoms with E-state index in [4.69, 9.17) is 4.98 Å². The fourth-order valence-electron chi connectivity index (χ4n) is 5.12. The molecule has 6 rings (SSSR count). The maximum Gasteiger partial charge on any atom is 0.274 e. The quantitative estimate of drug-likeness (QED) is 0.343. The van der Waals surface area contributed by atoms with Gasteiger partial charge in [-0.25, -0.2) is 4.98 Å². The topological polar surface area (TPSA) is 62.3 Å². The first-order chi connectivity index (χ1) is 17.7. The average Bonchev–Trinajstić information content (AvgIpc) is 3.69. The number of carbonyl (C=O) groups is 2. The molecule has 0 spiro atoms. The van der Waals surface area contributed by atoms with Gasteiger partial charge in [0.25, 0.3) is 11.8 Å². The number of amides is 2.